The Morgan fingerprint density at radius 1 is 1.30 bits per heavy atom. The predicted molar refractivity (Wildman–Crippen MR) is 130 cm³/mol. The molecule has 4 aromatic rings. The maximum Gasteiger partial charge on any atom is 0.259 e. The van der Waals surface area contributed by atoms with Gasteiger partial charge in [-0.25, -0.2) is 4.98 Å². The van der Waals surface area contributed by atoms with Crippen LogP contribution < -0.4 is 10.9 Å². The fourth-order valence-electron chi connectivity index (χ4n) is 4.02. The summed E-state index contributed by atoms with van der Waals surface area (Å²) in [4.78, 5) is 34.8. The molecular weight excluding hydrogens is 458 g/mol. The molecule has 0 atom stereocenters. The third kappa shape index (κ3) is 4.69. The molecule has 5 rings (SSSR count). The van der Waals surface area contributed by atoms with Crippen molar-refractivity contribution in [1.29, 1.82) is 0 Å². The van der Waals surface area contributed by atoms with Crippen molar-refractivity contribution >= 4 is 44.9 Å². The number of hydrogen-bond donors (Lipinski definition) is 2. The van der Waals surface area contributed by atoms with E-state index in [0.717, 1.165) is 35.2 Å². The van der Waals surface area contributed by atoms with Gasteiger partial charge in [0.2, 0.25) is 5.91 Å². The van der Waals surface area contributed by atoms with Crippen molar-refractivity contribution in [2.75, 3.05) is 11.1 Å². The first-order valence-corrected chi connectivity index (χ1v) is 12.8. The Hall–Kier alpha value is -3.05. The predicted octanol–water partition coefficient (Wildman–Crippen LogP) is 3.41. The molecule has 0 saturated heterocycles. The highest BCUT2D eigenvalue weighted by molar-refractivity contribution is 7.98. The smallest absolute Gasteiger partial charge is 0.259 e. The first-order valence-electron chi connectivity index (χ1n) is 10.8. The highest BCUT2D eigenvalue weighted by Crippen LogP contribution is 2.33. The van der Waals surface area contributed by atoms with Gasteiger partial charge in [0.25, 0.3) is 5.56 Å². The summed E-state index contributed by atoms with van der Waals surface area (Å²) >= 11 is 3.24. The number of anilines is 1. The average molecular weight is 482 g/mol. The molecule has 33 heavy (non-hydrogen) atoms. The monoisotopic (exact) mass is 481 g/mol. The standard InChI is InChI=1S/C22H23N7O2S2/c1-13-26-27-28-29(13)15-6-4-5-14(11-15)23-19(30)9-10-32-12-18-24-21(31)20-16-7-2-3-8-17(16)33-22(20)25-18/h4-6,11H,2-3,7-10,12H2,1H3,(H,23,30)(H,24,25,31). The molecule has 0 unspecified atom stereocenters. The number of hydrogen-bond acceptors (Lipinski definition) is 8. The quantitative estimate of drug-likeness (QED) is 0.388. The van der Waals surface area contributed by atoms with Gasteiger partial charge in [-0.05, 0) is 66.8 Å². The first kappa shape index (κ1) is 21.8. The molecule has 0 radical (unpaired) electrons. The van der Waals surface area contributed by atoms with Gasteiger partial charge in [0.15, 0.2) is 5.82 Å². The number of fused-ring (bicyclic) bond motifs is 3. The van der Waals surface area contributed by atoms with E-state index >= 15 is 0 Å². The van der Waals surface area contributed by atoms with Crippen molar-refractivity contribution in [2.24, 2.45) is 0 Å². The largest absolute Gasteiger partial charge is 0.326 e. The van der Waals surface area contributed by atoms with E-state index in [1.54, 1.807) is 27.8 Å². The van der Waals surface area contributed by atoms with E-state index in [1.165, 1.54) is 16.9 Å². The van der Waals surface area contributed by atoms with Crippen molar-refractivity contribution in [1.82, 2.24) is 30.2 Å². The molecule has 1 aliphatic rings. The molecule has 11 heteroatoms. The normalized spacial score (nSPS) is 13.2. The molecule has 0 aliphatic heterocycles. The Bertz CT molecular complexity index is 1370. The number of carbonyl (C=O) groups excluding carboxylic acids is 1. The number of H-pyrrole nitrogens is 1. The lowest BCUT2D eigenvalue weighted by atomic mass is 9.97. The lowest BCUT2D eigenvalue weighted by Gasteiger charge is -2.09. The molecule has 0 bridgehead atoms. The summed E-state index contributed by atoms with van der Waals surface area (Å²) in [6.45, 7) is 1.81. The second-order valence-electron chi connectivity index (χ2n) is 7.94. The summed E-state index contributed by atoms with van der Waals surface area (Å²) in [6, 6.07) is 7.39. The third-order valence-electron chi connectivity index (χ3n) is 5.59. The molecule has 1 aromatic carbocycles. The molecule has 170 valence electrons. The summed E-state index contributed by atoms with van der Waals surface area (Å²) in [6.07, 6.45) is 4.71. The fraction of sp³-hybridized carbons (Fsp3) is 0.364. The van der Waals surface area contributed by atoms with Crippen molar-refractivity contribution in [2.45, 2.75) is 44.8 Å². The summed E-state index contributed by atoms with van der Waals surface area (Å²) in [5.74, 6) is 2.45. The van der Waals surface area contributed by atoms with E-state index < -0.39 is 0 Å². The number of tetrazole rings is 1. The van der Waals surface area contributed by atoms with Gasteiger partial charge in [-0.15, -0.1) is 16.4 Å². The van der Waals surface area contributed by atoms with Crippen LogP contribution in [-0.2, 0) is 23.4 Å². The second-order valence-corrected chi connectivity index (χ2v) is 10.1. The summed E-state index contributed by atoms with van der Waals surface area (Å²) < 4.78 is 1.61. The number of aromatic nitrogens is 6. The molecule has 0 fully saturated rings. The molecule has 9 nitrogen and oxygen atoms in total. The number of rotatable bonds is 7. The fourth-order valence-corrected chi connectivity index (χ4v) is 6.10. The molecule has 0 saturated carbocycles. The van der Waals surface area contributed by atoms with Crippen LogP contribution in [0.3, 0.4) is 0 Å². The van der Waals surface area contributed by atoms with Crippen LogP contribution in [0, 0.1) is 6.92 Å². The summed E-state index contributed by atoms with van der Waals surface area (Å²) in [7, 11) is 0. The van der Waals surface area contributed by atoms with Crippen molar-refractivity contribution < 1.29 is 4.79 Å². The maximum atomic E-state index is 12.6. The first-order chi connectivity index (χ1) is 16.1. The Morgan fingerprint density at radius 3 is 3.03 bits per heavy atom. The minimum atomic E-state index is -0.0732. The number of amides is 1. The van der Waals surface area contributed by atoms with Crippen LogP contribution in [0.5, 0.6) is 0 Å². The number of nitrogens with one attached hydrogen (secondary N) is 2. The lowest BCUT2D eigenvalue weighted by molar-refractivity contribution is -0.115. The van der Waals surface area contributed by atoms with Crippen molar-refractivity contribution in [3.8, 4) is 5.69 Å². The van der Waals surface area contributed by atoms with E-state index in [2.05, 4.69) is 30.8 Å². The zero-order chi connectivity index (χ0) is 22.8. The highest BCUT2D eigenvalue weighted by Gasteiger charge is 2.19. The SMILES string of the molecule is Cc1nnnn1-c1cccc(NC(=O)CCSCc2nc3sc4c(c3c(=O)[nH]2)CCCC4)c1. The molecule has 3 aromatic heterocycles. The van der Waals surface area contributed by atoms with Crippen LogP contribution in [0.1, 0.15) is 41.4 Å². The van der Waals surface area contributed by atoms with Gasteiger partial charge in [0.05, 0.1) is 16.8 Å². The van der Waals surface area contributed by atoms with Gasteiger partial charge in [-0.3, -0.25) is 9.59 Å². The van der Waals surface area contributed by atoms with Crippen LogP contribution in [0.15, 0.2) is 29.1 Å². The lowest BCUT2D eigenvalue weighted by Crippen LogP contribution is -2.14. The Labute approximate surface area is 198 Å². The second kappa shape index (κ2) is 9.44. The third-order valence-corrected chi connectivity index (χ3v) is 7.74. The van der Waals surface area contributed by atoms with Gasteiger partial charge < -0.3 is 10.3 Å². The van der Waals surface area contributed by atoms with Gasteiger partial charge in [0, 0.05) is 22.7 Å². The van der Waals surface area contributed by atoms with Crippen LogP contribution in [0.4, 0.5) is 5.69 Å². The maximum absolute atomic E-state index is 12.6. The van der Waals surface area contributed by atoms with E-state index in [-0.39, 0.29) is 11.5 Å². The van der Waals surface area contributed by atoms with Crippen LogP contribution in [-0.4, -0.2) is 41.8 Å². The number of nitrogens with zero attached hydrogens (tertiary/aromatic N) is 5. The highest BCUT2D eigenvalue weighted by atomic mass is 32.2. The zero-order valence-corrected chi connectivity index (χ0v) is 19.8. The van der Waals surface area contributed by atoms with Gasteiger partial charge >= 0.3 is 0 Å². The van der Waals surface area contributed by atoms with Gasteiger partial charge in [-0.2, -0.15) is 16.4 Å². The van der Waals surface area contributed by atoms with Gasteiger partial charge in [-0.1, -0.05) is 6.07 Å². The molecule has 1 aliphatic carbocycles. The summed E-state index contributed by atoms with van der Waals surface area (Å²) in [5, 5.41) is 15.2. The minimum Gasteiger partial charge on any atom is -0.326 e. The average Bonchev–Trinajstić information content (AvgIpc) is 3.40. The van der Waals surface area contributed by atoms with E-state index in [4.69, 9.17) is 0 Å². The number of thioether (sulfide) groups is 1. The van der Waals surface area contributed by atoms with Crippen LogP contribution >= 0.6 is 23.1 Å². The number of aromatic amines is 1. The minimum absolute atomic E-state index is 0.0366. The molecule has 1 amide bonds. The Morgan fingerprint density at radius 2 is 2.18 bits per heavy atom. The molecule has 2 N–H and O–H groups in total. The number of benzene rings is 1. The van der Waals surface area contributed by atoms with Crippen molar-refractivity contribution in [3.05, 3.63) is 56.7 Å². The molecule has 3 heterocycles. The number of thiophene rings is 1. The van der Waals surface area contributed by atoms with E-state index in [1.807, 2.05) is 31.2 Å². The zero-order valence-electron chi connectivity index (χ0n) is 18.1. The van der Waals surface area contributed by atoms with Gasteiger partial charge in [0.1, 0.15) is 10.7 Å². The van der Waals surface area contributed by atoms with Crippen molar-refractivity contribution in [3.63, 3.8) is 0 Å². The molecule has 0 spiro atoms. The Balaban J connectivity index is 1.16. The number of aryl methyl sites for hydroxylation is 3. The van der Waals surface area contributed by atoms with E-state index in [0.29, 0.717) is 35.3 Å². The van der Waals surface area contributed by atoms with Crippen LogP contribution in [0.25, 0.3) is 15.9 Å². The van der Waals surface area contributed by atoms with E-state index in [9.17, 15) is 9.59 Å². The van der Waals surface area contributed by atoms with Crippen LogP contribution in [0.2, 0.25) is 0 Å². The topological polar surface area (TPSA) is 118 Å². The Kier molecular flexibility index (Phi) is 6.23. The molecular formula is C22H23N7O2S2. The summed E-state index contributed by atoms with van der Waals surface area (Å²) in [5.41, 5.74) is 2.64. The number of carbonyl (C=O) groups is 1.